The summed E-state index contributed by atoms with van der Waals surface area (Å²) in [5, 5.41) is 3.80. The van der Waals surface area contributed by atoms with Crippen molar-refractivity contribution in [1.82, 2.24) is 0 Å². The van der Waals surface area contributed by atoms with Gasteiger partial charge in [-0.1, -0.05) is 23.7 Å². The molecule has 20 heavy (non-hydrogen) atoms. The van der Waals surface area contributed by atoms with Crippen LogP contribution in [-0.4, -0.2) is 13.1 Å². The highest BCUT2D eigenvalue weighted by Crippen LogP contribution is 2.31. The van der Waals surface area contributed by atoms with Crippen molar-refractivity contribution in [3.63, 3.8) is 0 Å². The van der Waals surface area contributed by atoms with Gasteiger partial charge in [0.2, 0.25) is 0 Å². The van der Waals surface area contributed by atoms with Crippen LogP contribution < -0.4 is 11.1 Å². The minimum absolute atomic E-state index is 0.409. The normalized spacial score (nSPS) is 10.2. The van der Waals surface area contributed by atoms with Gasteiger partial charge in [0.1, 0.15) is 0 Å². The molecule has 0 fully saturated rings. The molecule has 0 aromatic heterocycles. The van der Waals surface area contributed by atoms with Crippen molar-refractivity contribution in [2.24, 2.45) is 0 Å². The Morgan fingerprint density at radius 3 is 2.65 bits per heavy atom. The standard InChI is InChI=1S/C15H15ClN2O2/c1-9-4-3-5-11(16)14(9)18-13-7-6-10(8-12(13)17)15(19)20-2/h3-8,18H,17H2,1-2H3. The Morgan fingerprint density at radius 2 is 2.05 bits per heavy atom. The van der Waals surface area contributed by atoms with Gasteiger partial charge in [0.05, 0.1) is 34.8 Å². The Bertz CT molecular complexity index is 636. The molecule has 5 heteroatoms. The molecule has 0 aliphatic heterocycles. The first kappa shape index (κ1) is 14.2. The maximum absolute atomic E-state index is 11.4. The molecule has 0 saturated carbocycles. The molecule has 0 unspecified atom stereocenters. The summed E-state index contributed by atoms with van der Waals surface area (Å²) in [6.45, 7) is 1.95. The van der Waals surface area contributed by atoms with Gasteiger partial charge in [-0.2, -0.15) is 0 Å². The van der Waals surface area contributed by atoms with E-state index in [-0.39, 0.29) is 0 Å². The first-order chi connectivity index (χ1) is 9.52. The highest BCUT2D eigenvalue weighted by molar-refractivity contribution is 6.33. The number of benzene rings is 2. The van der Waals surface area contributed by atoms with E-state index in [1.54, 1.807) is 24.3 Å². The molecule has 0 aliphatic carbocycles. The number of anilines is 3. The predicted octanol–water partition coefficient (Wildman–Crippen LogP) is 3.76. The number of ether oxygens (including phenoxy) is 1. The van der Waals surface area contributed by atoms with Gasteiger partial charge in [0.25, 0.3) is 0 Å². The quantitative estimate of drug-likeness (QED) is 0.667. The molecule has 2 aromatic rings. The van der Waals surface area contributed by atoms with Gasteiger partial charge in [-0.15, -0.1) is 0 Å². The van der Waals surface area contributed by atoms with Crippen molar-refractivity contribution >= 4 is 34.6 Å². The zero-order valence-corrected chi connectivity index (χ0v) is 12.0. The molecule has 0 aliphatic rings. The summed E-state index contributed by atoms with van der Waals surface area (Å²) in [5.74, 6) is -0.419. The van der Waals surface area contributed by atoms with Gasteiger partial charge >= 0.3 is 5.97 Å². The van der Waals surface area contributed by atoms with Gasteiger partial charge in [-0.05, 0) is 36.8 Å². The van der Waals surface area contributed by atoms with Crippen molar-refractivity contribution < 1.29 is 9.53 Å². The lowest BCUT2D eigenvalue weighted by Crippen LogP contribution is -2.04. The molecule has 3 N–H and O–H groups in total. The number of hydrogen-bond donors (Lipinski definition) is 2. The minimum Gasteiger partial charge on any atom is -0.465 e. The fraction of sp³-hybridized carbons (Fsp3) is 0.133. The van der Waals surface area contributed by atoms with Crippen LogP contribution in [0.15, 0.2) is 36.4 Å². The number of esters is 1. The molecule has 0 bridgehead atoms. The minimum atomic E-state index is -0.419. The summed E-state index contributed by atoms with van der Waals surface area (Å²) >= 11 is 6.16. The van der Waals surface area contributed by atoms with Crippen LogP contribution in [0.4, 0.5) is 17.1 Å². The number of nitrogens with two attached hydrogens (primary N) is 1. The van der Waals surface area contributed by atoms with E-state index >= 15 is 0 Å². The molecule has 2 aromatic carbocycles. The third-order valence-corrected chi connectivity index (χ3v) is 3.27. The molecule has 2 rings (SSSR count). The molecule has 0 saturated heterocycles. The van der Waals surface area contributed by atoms with E-state index in [2.05, 4.69) is 10.1 Å². The second-order valence-corrected chi connectivity index (χ2v) is 4.76. The highest BCUT2D eigenvalue weighted by atomic mass is 35.5. The molecule has 0 atom stereocenters. The highest BCUT2D eigenvalue weighted by Gasteiger charge is 2.10. The number of hydrogen-bond acceptors (Lipinski definition) is 4. The van der Waals surface area contributed by atoms with Crippen LogP contribution in [0.2, 0.25) is 5.02 Å². The Morgan fingerprint density at radius 1 is 1.30 bits per heavy atom. The van der Waals surface area contributed by atoms with E-state index in [0.29, 0.717) is 22.0 Å². The van der Waals surface area contributed by atoms with Crippen LogP contribution >= 0.6 is 11.6 Å². The van der Waals surface area contributed by atoms with Gasteiger partial charge in [-0.25, -0.2) is 4.79 Å². The monoisotopic (exact) mass is 290 g/mol. The summed E-state index contributed by atoms with van der Waals surface area (Å²) in [6.07, 6.45) is 0. The lowest BCUT2D eigenvalue weighted by molar-refractivity contribution is 0.0601. The zero-order valence-electron chi connectivity index (χ0n) is 11.2. The predicted molar refractivity (Wildman–Crippen MR) is 81.7 cm³/mol. The maximum Gasteiger partial charge on any atom is 0.337 e. The topological polar surface area (TPSA) is 64.3 Å². The van der Waals surface area contributed by atoms with Gasteiger partial charge in [-0.3, -0.25) is 0 Å². The van der Waals surface area contributed by atoms with Crippen LogP contribution in [0.5, 0.6) is 0 Å². The molecular formula is C15H15ClN2O2. The number of nitrogens with one attached hydrogen (secondary N) is 1. The van der Waals surface area contributed by atoms with Crippen molar-refractivity contribution in [2.75, 3.05) is 18.2 Å². The number of halogens is 1. The van der Waals surface area contributed by atoms with Crippen LogP contribution in [0.3, 0.4) is 0 Å². The summed E-state index contributed by atoms with van der Waals surface area (Å²) in [5.41, 5.74) is 9.30. The third-order valence-electron chi connectivity index (χ3n) is 2.95. The number of para-hydroxylation sites is 1. The number of aryl methyl sites for hydroxylation is 1. The fourth-order valence-electron chi connectivity index (χ4n) is 1.85. The summed E-state index contributed by atoms with van der Waals surface area (Å²) in [7, 11) is 1.33. The van der Waals surface area contributed by atoms with Gasteiger partial charge < -0.3 is 15.8 Å². The first-order valence-corrected chi connectivity index (χ1v) is 6.40. The van der Waals surface area contributed by atoms with Crippen molar-refractivity contribution in [3.05, 3.63) is 52.5 Å². The van der Waals surface area contributed by atoms with Gasteiger partial charge in [0, 0.05) is 0 Å². The van der Waals surface area contributed by atoms with Crippen molar-refractivity contribution in [1.29, 1.82) is 0 Å². The zero-order chi connectivity index (χ0) is 14.7. The second-order valence-electron chi connectivity index (χ2n) is 4.35. The molecule has 4 nitrogen and oxygen atoms in total. The second kappa shape index (κ2) is 5.84. The Hall–Kier alpha value is -2.20. The lowest BCUT2D eigenvalue weighted by atomic mass is 10.1. The van der Waals surface area contributed by atoms with E-state index in [9.17, 15) is 4.79 Å². The number of nitrogen functional groups attached to an aromatic ring is 1. The molecule has 0 heterocycles. The molecule has 104 valence electrons. The van der Waals surface area contributed by atoms with Crippen LogP contribution in [-0.2, 0) is 4.74 Å². The maximum atomic E-state index is 11.4. The molecule has 0 amide bonds. The van der Waals surface area contributed by atoms with E-state index in [1.807, 2.05) is 19.1 Å². The fourth-order valence-corrected chi connectivity index (χ4v) is 2.12. The smallest absolute Gasteiger partial charge is 0.337 e. The largest absolute Gasteiger partial charge is 0.465 e. The number of carbonyl (C=O) groups is 1. The first-order valence-electron chi connectivity index (χ1n) is 6.03. The summed E-state index contributed by atoms with van der Waals surface area (Å²) in [4.78, 5) is 11.4. The van der Waals surface area contributed by atoms with E-state index in [0.717, 1.165) is 11.3 Å². The third kappa shape index (κ3) is 2.86. The van der Waals surface area contributed by atoms with E-state index in [4.69, 9.17) is 17.3 Å². The Labute approximate surface area is 122 Å². The van der Waals surface area contributed by atoms with Crippen LogP contribution in [0.1, 0.15) is 15.9 Å². The van der Waals surface area contributed by atoms with Crippen molar-refractivity contribution in [2.45, 2.75) is 6.92 Å². The van der Waals surface area contributed by atoms with Crippen LogP contribution in [0.25, 0.3) is 0 Å². The van der Waals surface area contributed by atoms with Crippen molar-refractivity contribution in [3.8, 4) is 0 Å². The van der Waals surface area contributed by atoms with E-state index in [1.165, 1.54) is 7.11 Å². The number of rotatable bonds is 3. The summed E-state index contributed by atoms with van der Waals surface area (Å²) < 4.78 is 4.65. The average Bonchev–Trinajstić information content (AvgIpc) is 2.43. The molecule has 0 radical (unpaired) electrons. The average molecular weight is 291 g/mol. The van der Waals surface area contributed by atoms with Gasteiger partial charge in [0.15, 0.2) is 0 Å². The molecule has 0 spiro atoms. The van der Waals surface area contributed by atoms with Crippen LogP contribution in [0, 0.1) is 6.92 Å². The summed E-state index contributed by atoms with van der Waals surface area (Å²) in [6, 6.07) is 10.6. The number of methoxy groups -OCH3 is 1. The Balaban J connectivity index is 2.33. The SMILES string of the molecule is COC(=O)c1ccc(Nc2c(C)cccc2Cl)c(N)c1. The van der Waals surface area contributed by atoms with E-state index < -0.39 is 5.97 Å². The lowest BCUT2D eigenvalue weighted by Gasteiger charge is -2.14. The molecular weight excluding hydrogens is 276 g/mol. The Kier molecular flexibility index (Phi) is 4.15. The number of carbonyl (C=O) groups excluding carboxylic acids is 1.